The lowest BCUT2D eigenvalue weighted by Gasteiger charge is -2.09. The quantitative estimate of drug-likeness (QED) is 0.187. The highest BCUT2D eigenvalue weighted by molar-refractivity contribution is 7.25. The van der Waals surface area contributed by atoms with E-state index in [2.05, 4.69) is 120 Å². The van der Waals surface area contributed by atoms with Crippen LogP contribution >= 0.6 is 11.3 Å². The van der Waals surface area contributed by atoms with Gasteiger partial charge < -0.3 is 8.98 Å². The van der Waals surface area contributed by atoms with Crippen molar-refractivity contribution in [1.29, 1.82) is 0 Å². The Morgan fingerprint density at radius 2 is 1.14 bits per heavy atom. The number of rotatable bonds is 4. The summed E-state index contributed by atoms with van der Waals surface area (Å²) in [6, 6.07) is 54.9. The minimum atomic E-state index is 0.607. The first-order valence-corrected chi connectivity index (χ1v) is 17.8. The molecule has 11 aromatic rings. The summed E-state index contributed by atoms with van der Waals surface area (Å²) in [6.07, 6.45) is 0. The van der Waals surface area contributed by atoms with Gasteiger partial charge in [0.2, 0.25) is 0 Å². The number of hydrogen-bond acceptors (Lipinski definition) is 5. The predicted octanol–water partition coefficient (Wildman–Crippen LogP) is 12.2. The Kier molecular flexibility index (Phi) is 6.05. The SMILES string of the molecule is c1ccc(-c2nc(-c3ccc4c(c3)sc3ccccc34)nc(-c3cccc4oc5cc6c(cc5c34)c3ccccc3n6-c3ccccc3)n2)cc1. The monoisotopic (exact) mass is 670 g/mol. The molecule has 4 aromatic heterocycles. The molecule has 0 unspecified atom stereocenters. The number of thiophene rings is 1. The maximum Gasteiger partial charge on any atom is 0.164 e. The highest BCUT2D eigenvalue weighted by Crippen LogP contribution is 2.42. The first-order valence-electron chi connectivity index (χ1n) is 16.9. The Bertz CT molecular complexity index is 3140. The summed E-state index contributed by atoms with van der Waals surface area (Å²) >= 11 is 1.79. The van der Waals surface area contributed by atoms with E-state index in [1.807, 2.05) is 42.5 Å². The summed E-state index contributed by atoms with van der Waals surface area (Å²) in [6.45, 7) is 0. The van der Waals surface area contributed by atoms with E-state index in [4.69, 9.17) is 19.4 Å². The van der Waals surface area contributed by atoms with Crippen molar-refractivity contribution in [3.8, 4) is 39.9 Å². The molecule has 6 heteroatoms. The van der Waals surface area contributed by atoms with Crippen LogP contribution in [0.2, 0.25) is 0 Å². The number of hydrogen-bond donors (Lipinski definition) is 0. The van der Waals surface area contributed by atoms with Gasteiger partial charge in [-0.1, -0.05) is 109 Å². The van der Waals surface area contributed by atoms with Crippen molar-refractivity contribution in [2.24, 2.45) is 0 Å². The van der Waals surface area contributed by atoms with Gasteiger partial charge in [-0.2, -0.15) is 0 Å². The van der Waals surface area contributed by atoms with E-state index in [1.165, 1.54) is 25.6 Å². The van der Waals surface area contributed by atoms with Gasteiger partial charge in [0.05, 0.1) is 11.0 Å². The predicted molar refractivity (Wildman–Crippen MR) is 211 cm³/mol. The molecule has 5 nitrogen and oxygen atoms in total. The van der Waals surface area contributed by atoms with Gasteiger partial charge in [-0.3, -0.25) is 0 Å². The average molecular weight is 671 g/mol. The lowest BCUT2D eigenvalue weighted by molar-refractivity contribution is 0.669. The van der Waals surface area contributed by atoms with Gasteiger partial charge in [0.25, 0.3) is 0 Å². The molecule has 0 radical (unpaired) electrons. The molecule has 0 amide bonds. The number of nitrogens with zero attached hydrogens (tertiary/aromatic N) is 4. The van der Waals surface area contributed by atoms with E-state index in [0.717, 1.165) is 60.7 Å². The van der Waals surface area contributed by atoms with Crippen LogP contribution < -0.4 is 0 Å². The van der Waals surface area contributed by atoms with Gasteiger partial charge >= 0.3 is 0 Å². The first kappa shape index (κ1) is 28.2. The maximum atomic E-state index is 6.63. The number of furan rings is 1. The molecule has 0 saturated carbocycles. The normalized spacial score (nSPS) is 11.9. The molecule has 238 valence electrons. The summed E-state index contributed by atoms with van der Waals surface area (Å²) in [5, 5.41) is 6.88. The fourth-order valence-electron chi connectivity index (χ4n) is 7.54. The summed E-state index contributed by atoms with van der Waals surface area (Å²) < 4.78 is 11.4. The number of benzene rings is 7. The molecule has 0 saturated heterocycles. The van der Waals surface area contributed by atoms with Crippen LogP contribution in [0.3, 0.4) is 0 Å². The zero-order chi connectivity index (χ0) is 33.5. The molecule has 4 heterocycles. The van der Waals surface area contributed by atoms with E-state index >= 15 is 0 Å². The van der Waals surface area contributed by atoms with Crippen LogP contribution in [0.25, 0.3) is 104 Å². The van der Waals surface area contributed by atoms with Crippen molar-refractivity contribution in [3.05, 3.63) is 158 Å². The zero-order valence-electron chi connectivity index (χ0n) is 27.1. The fraction of sp³-hybridized carbons (Fsp3) is 0. The largest absolute Gasteiger partial charge is 0.456 e. The van der Waals surface area contributed by atoms with Crippen LogP contribution in [-0.2, 0) is 0 Å². The van der Waals surface area contributed by atoms with Gasteiger partial charge in [0.15, 0.2) is 17.5 Å². The van der Waals surface area contributed by atoms with Crippen molar-refractivity contribution in [1.82, 2.24) is 19.5 Å². The van der Waals surface area contributed by atoms with E-state index in [9.17, 15) is 0 Å². The summed E-state index contributed by atoms with van der Waals surface area (Å²) in [7, 11) is 0. The Morgan fingerprint density at radius 3 is 2.00 bits per heavy atom. The van der Waals surface area contributed by atoms with Gasteiger partial charge in [-0.25, -0.2) is 15.0 Å². The summed E-state index contributed by atoms with van der Waals surface area (Å²) in [5.74, 6) is 1.87. The van der Waals surface area contributed by atoms with Crippen molar-refractivity contribution in [3.63, 3.8) is 0 Å². The van der Waals surface area contributed by atoms with E-state index in [-0.39, 0.29) is 0 Å². The molecule has 0 fully saturated rings. The third-order valence-electron chi connectivity index (χ3n) is 9.85. The standard InChI is InChI=1S/C45H26N4OS/c1-3-12-27(13-4-1)43-46-44(28-22-23-32-31-17-8-10-21-40(31)51-41(32)24-28)48-45(47-43)33-18-11-20-38-42(33)35-25-34-30-16-7-9-19-36(30)49(29-14-5-2-6-15-29)37(34)26-39(35)50-38/h1-26H. The van der Waals surface area contributed by atoms with E-state index < -0.39 is 0 Å². The lowest BCUT2D eigenvalue weighted by Crippen LogP contribution is -2.00. The molecule has 0 spiro atoms. The van der Waals surface area contributed by atoms with Gasteiger partial charge in [0.1, 0.15) is 11.2 Å². The highest BCUT2D eigenvalue weighted by Gasteiger charge is 2.21. The van der Waals surface area contributed by atoms with Gasteiger partial charge in [0, 0.05) is 70.2 Å². The summed E-state index contributed by atoms with van der Waals surface area (Å²) in [5.41, 5.74) is 7.76. The fourth-order valence-corrected chi connectivity index (χ4v) is 8.68. The minimum Gasteiger partial charge on any atom is -0.456 e. The molecule has 0 N–H and O–H groups in total. The Hall–Kier alpha value is -6.63. The number of fused-ring (bicyclic) bond motifs is 9. The molecule has 51 heavy (non-hydrogen) atoms. The van der Waals surface area contributed by atoms with Crippen LogP contribution in [0.4, 0.5) is 0 Å². The average Bonchev–Trinajstić information content (AvgIpc) is 3.86. The third kappa shape index (κ3) is 4.37. The van der Waals surface area contributed by atoms with Crippen molar-refractivity contribution in [2.45, 2.75) is 0 Å². The molecule has 0 atom stereocenters. The van der Waals surface area contributed by atoms with Crippen LogP contribution in [0.1, 0.15) is 0 Å². The molecular weight excluding hydrogens is 645 g/mol. The Labute approximate surface area is 295 Å². The minimum absolute atomic E-state index is 0.607. The smallest absolute Gasteiger partial charge is 0.164 e. The zero-order valence-corrected chi connectivity index (χ0v) is 27.9. The first-order chi connectivity index (χ1) is 25.3. The molecule has 0 bridgehead atoms. The molecule has 7 aromatic carbocycles. The highest BCUT2D eigenvalue weighted by atomic mass is 32.1. The molecule has 0 aliphatic carbocycles. The van der Waals surface area contributed by atoms with Crippen molar-refractivity contribution < 1.29 is 4.42 Å². The van der Waals surface area contributed by atoms with Crippen LogP contribution in [0.5, 0.6) is 0 Å². The second kappa shape index (κ2) is 10.9. The molecular formula is C45H26N4OS. The number of aromatic nitrogens is 4. The van der Waals surface area contributed by atoms with Crippen LogP contribution in [0, 0.1) is 0 Å². The second-order valence-electron chi connectivity index (χ2n) is 12.8. The van der Waals surface area contributed by atoms with Crippen molar-refractivity contribution in [2.75, 3.05) is 0 Å². The third-order valence-corrected chi connectivity index (χ3v) is 11.0. The maximum absolute atomic E-state index is 6.63. The van der Waals surface area contributed by atoms with Crippen LogP contribution in [-0.4, -0.2) is 19.5 Å². The van der Waals surface area contributed by atoms with Gasteiger partial charge in [-0.05, 0) is 42.5 Å². The molecule has 11 rings (SSSR count). The van der Waals surface area contributed by atoms with Crippen LogP contribution in [0.15, 0.2) is 162 Å². The molecule has 0 aliphatic rings. The van der Waals surface area contributed by atoms with E-state index in [1.54, 1.807) is 11.3 Å². The van der Waals surface area contributed by atoms with E-state index in [0.29, 0.717) is 17.5 Å². The number of para-hydroxylation sites is 2. The summed E-state index contributed by atoms with van der Waals surface area (Å²) in [4.78, 5) is 15.4. The molecule has 0 aliphatic heterocycles. The Balaban J connectivity index is 1.16. The Morgan fingerprint density at radius 1 is 0.431 bits per heavy atom. The van der Waals surface area contributed by atoms with Crippen molar-refractivity contribution >= 4 is 75.3 Å². The lowest BCUT2D eigenvalue weighted by atomic mass is 10.0. The topological polar surface area (TPSA) is 56.7 Å². The second-order valence-corrected chi connectivity index (χ2v) is 13.9. The van der Waals surface area contributed by atoms with Gasteiger partial charge in [-0.15, -0.1) is 11.3 Å².